The first-order valence-electron chi connectivity index (χ1n) is 8.73. The van der Waals surface area contributed by atoms with E-state index in [4.69, 9.17) is 4.74 Å². The number of para-hydroxylation sites is 1. The van der Waals surface area contributed by atoms with Crippen molar-refractivity contribution >= 4 is 28.8 Å². The largest absolute Gasteiger partial charge is 0.496 e. The van der Waals surface area contributed by atoms with Gasteiger partial charge in [-0.15, -0.1) is 11.3 Å². The number of thiazole rings is 1. The Bertz CT molecular complexity index is 996. The van der Waals surface area contributed by atoms with Crippen LogP contribution in [0.2, 0.25) is 0 Å². The minimum Gasteiger partial charge on any atom is -0.496 e. The molecule has 1 heterocycles. The molecule has 0 bridgehead atoms. The summed E-state index contributed by atoms with van der Waals surface area (Å²) in [6.45, 7) is 3.71. The Morgan fingerprint density at radius 3 is 2.50 bits per heavy atom. The molecule has 144 valence electrons. The highest BCUT2D eigenvalue weighted by Gasteiger charge is 2.16. The third-order valence-corrected chi connectivity index (χ3v) is 5.12. The monoisotopic (exact) mass is 395 g/mol. The van der Waals surface area contributed by atoms with E-state index >= 15 is 0 Å². The molecular weight excluding hydrogens is 374 g/mol. The summed E-state index contributed by atoms with van der Waals surface area (Å²) in [5, 5.41) is 6.39. The predicted molar refractivity (Wildman–Crippen MR) is 111 cm³/mol. The molecule has 3 rings (SSSR count). The number of nitrogens with one attached hydrogen (secondary N) is 2. The summed E-state index contributed by atoms with van der Waals surface area (Å²) >= 11 is 1.46. The molecule has 0 spiro atoms. The lowest BCUT2D eigenvalue weighted by Gasteiger charge is -2.09. The lowest BCUT2D eigenvalue weighted by molar-refractivity contribution is -0.114. The highest BCUT2D eigenvalue weighted by molar-refractivity contribution is 7.15. The van der Waals surface area contributed by atoms with Gasteiger partial charge < -0.3 is 15.4 Å². The van der Waals surface area contributed by atoms with Gasteiger partial charge in [0.1, 0.15) is 16.5 Å². The molecule has 0 saturated carbocycles. The average Bonchev–Trinajstić information content (AvgIpc) is 3.08. The van der Waals surface area contributed by atoms with E-state index in [2.05, 4.69) is 15.6 Å². The second kappa shape index (κ2) is 8.67. The third-order valence-electron chi connectivity index (χ3n) is 4.10. The Morgan fingerprint density at radius 1 is 1.11 bits per heavy atom. The fraction of sp³-hybridized carbons (Fsp3) is 0.190. The average molecular weight is 395 g/mol. The summed E-state index contributed by atoms with van der Waals surface area (Å²) in [6.07, 6.45) is 0. The number of benzene rings is 2. The standard InChI is InChI=1S/C21H21N3O3S/c1-13-19(20(26)22-12-16-6-4-5-7-18(16)27-3)24-21(28-13)15-8-10-17(11-9-15)23-14(2)25/h4-11H,12H2,1-3H3,(H,22,26)(H,23,25). The van der Waals surface area contributed by atoms with E-state index < -0.39 is 0 Å². The maximum absolute atomic E-state index is 12.6. The van der Waals surface area contributed by atoms with Gasteiger partial charge in [-0.1, -0.05) is 18.2 Å². The van der Waals surface area contributed by atoms with Crippen LogP contribution < -0.4 is 15.4 Å². The summed E-state index contributed by atoms with van der Waals surface area (Å²) in [5.41, 5.74) is 2.94. The summed E-state index contributed by atoms with van der Waals surface area (Å²) in [4.78, 5) is 29.1. The van der Waals surface area contributed by atoms with Crippen LogP contribution in [0.5, 0.6) is 5.75 Å². The minimum atomic E-state index is -0.222. The number of aryl methyl sites for hydroxylation is 1. The van der Waals surface area contributed by atoms with Gasteiger partial charge in [0.15, 0.2) is 0 Å². The maximum atomic E-state index is 12.6. The van der Waals surface area contributed by atoms with E-state index in [1.54, 1.807) is 7.11 Å². The molecule has 0 aliphatic rings. The van der Waals surface area contributed by atoms with Gasteiger partial charge in [0.2, 0.25) is 5.91 Å². The Labute approximate surface area is 167 Å². The zero-order chi connectivity index (χ0) is 20.1. The molecule has 2 amide bonds. The fourth-order valence-electron chi connectivity index (χ4n) is 2.74. The van der Waals surface area contributed by atoms with Crippen LogP contribution in [-0.2, 0) is 11.3 Å². The van der Waals surface area contributed by atoms with Gasteiger partial charge in [0.25, 0.3) is 5.91 Å². The van der Waals surface area contributed by atoms with Crippen LogP contribution in [0.15, 0.2) is 48.5 Å². The third kappa shape index (κ3) is 4.55. The molecule has 0 saturated heterocycles. The van der Waals surface area contributed by atoms with Crippen molar-refractivity contribution in [3.63, 3.8) is 0 Å². The second-order valence-electron chi connectivity index (χ2n) is 6.18. The van der Waals surface area contributed by atoms with Crippen LogP contribution in [0, 0.1) is 6.92 Å². The van der Waals surface area contributed by atoms with Crippen LogP contribution in [-0.4, -0.2) is 23.9 Å². The Morgan fingerprint density at radius 2 is 1.82 bits per heavy atom. The predicted octanol–water partition coefficient (Wildman–Crippen LogP) is 4.02. The molecule has 2 aromatic carbocycles. The van der Waals surface area contributed by atoms with Crippen LogP contribution in [0.1, 0.15) is 27.9 Å². The SMILES string of the molecule is COc1ccccc1CNC(=O)c1nc(-c2ccc(NC(C)=O)cc2)sc1C. The number of anilines is 1. The smallest absolute Gasteiger partial charge is 0.271 e. The molecule has 7 heteroatoms. The number of aromatic nitrogens is 1. The number of nitrogens with zero attached hydrogens (tertiary/aromatic N) is 1. The number of methoxy groups -OCH3 is 1. The van der Waals surface area contributed by atoms with Crippen molar-refractivity contribution < 1.29 is 14.3 Å². The first-order valence-corrected chi connectivity index (χ1v) is 9.55. The lowest BCUT2D eigenvalue weighted by atomic mass is 10.2. The topological polar surface area (TPSA) is 80.3 Å². The van der Waals surface area contributed by atoms with Gasteiger partial charge in [0.05, 0.1) is 7.11 Å². The van der Waals surface area contributed by atoms with E-state index in [0.717, 1.165) is 32.4 Å². The first-order chi connectivity index (χ1) is 13.5. The van der Waals surface area contributed by atoms with Crippen molar-refractivity contribution in [1.82, 2.24) is 10.3 Å². The van der Waals surface area contributed by atoms with Crippen molar-refractivity contribution in [2.75, 3.05) is 12.4 Å². The summed E-state index contributed by atoms with van der Waals surface area (Å²) in [5.74, 6) is 0.394. The Hall–Kier alpha value is -3.19. The van der Waals surface area contributed by atoms with Gasteiger partial charge in [-0.3, -0.25) is 9.59 Å². The van der Waals surface area contributed by atoms with E-state index in [1.165, 1.54) is 18.3 Å². The first kappa shape index (κ1) is 19.6. The molecule has 0 atom stereocenters. The van der Waals surface area contributed by atoms with E-state index in [9.17, 15) is 9.59 Å². The highest BCUT2D eigenvalue weighted by atomic mass is 32.1. The molecule has 3 aromatic rings. The molecule has 0 fully saturated rings. The van der Waals surface area contributed by atoms with E-state index in [-0.39, 0.29) is 11.8 Å². The normalized spacial score (nSPS) is 10.4. The highest BCUT2D eigenvalue weighted by Crippen LogP contribution is 2.28. The van der Waals surface area contributed by atoms with E-state index in [0.29, 0.717) is 12.2 Å². The second-order valence-corrected chi connectivity index (χ2v) is 7.38. The molecule has 28 heavy (non-hydrogen) atoms. The van der Waals surface area contributed by atoms with Crippen molar-refractivity contribution in [3.8, 4) is 16.3 Å². The van der Waals surface area contributed by atoms with Crippen LogP contribution in [0.3, 0.4) is 0 Å². The number of rotatable bonds is 6. The molecule has 2 N–H and O–H groups in total. The zero-order valence-corrected chi connectivity index (χ0v) is 16.7. The molecule has 0 unspecified atom stereocenters. The quantitative estimate of drug-likeness (QED) is 0.661. The van der Waals surface area contributed by atoms with Gasteiger partial charge in [-0.25, -0.2) is 4.98 Å². The van der Waals surface area contributed by atoms with Gasteiger partial charge in [-0.05, 0) is 37.3 Å². The number of hydrogen-bond donors (Lipinski definition) is 2. The van der Waals surface area contributed by atoms with Crippen molar-refractivity contribution in [2.45, 2.75) is 20.4 Å². The van der Waals surface area contributed by atoms with Gasteiger partial charge in [-0.2, -0.15) is 0 Å². The number of ether oxygens (including phenoxy) is 1. The molecule has 0 aliphatic carbocycles. The van der Waals surface area contributed by atoms with Crippen molar-refractivity contribution in [2.24, 2.45) is 0 Å². The number of carbonyl (C=O) groups excluding carboxylic acids is 2. The molecule has 0 aliphatic heterocycles. The Balaban J connectivity index is 1.72. The number of carbonyl (C=O) groups is 2. The van der Waals surface area contributed by atoms with Crippen LogP contribution in [0.25, 0.3) is 10.6 Å². The number of hydrogen-bond acceptors (Lipinski definition) is 5. The summed E-state index contributed by atoms with van der Waals surface area (Å²) in [6, 6.07) is 14.9. The van der Waals surface area contributed by atoms with Crippen molar-refractivity contribution in [3.05, 3.63) is 64.7 Å². The maximum Gasteiger partial charge on any atom is 0.271 e. The zero-order valence-electron chi connectivity index (χ0n) is 15.9. The van der Waals surface area contributed by atoms with Gasteiger partial charge in [0, 0.05) is 35.2 Å². The molecule has 6 nitrogen and oxygen atoms in total. The summed E-state index contributed by atoms with van der Waals surface area (Å²) < 4.78 is 5.31. The fourth-order valence-corrected chi connectivity index (χ4v) is 3.65. The molecular formula is C21H21N3O3S. The molecule has 0 radical (unpaired) electrons. The van der Waals surface area contributed by atoms with E-state index in [1.807, 2.05) is 55.5 Å². The lowest BCUT2D eigenvalue weighted by Crippen LogP contribution is -2.24. The molecule has 1 aromatic heterocycles. The van der Waals surface area contributed by atoms with Crippen LogP contribution >= 0.6 is 11.3 Å². The van der Waals surface area contributed by atoms with Crippen LogP contribution in [0.4, 0.5) is 5.69 Å². The minimum absolute atomic E-state index is 0.119. The number of amides is 2. The van der Waals surface area contributed by atoms with Crippen molar-refractivity contribution in [1.29, 1.82) is 0 Å². The Kier molecular flexibility index (Phi) is 6.06. The summed E-state index contributed by atoms with van der Waals surface area (Å²) in [7, 11) is 1.61. The van der Waals surface area contributed by atoms with Gasteiger partial charge >= 0.3 is 0 Å².